The highest BCUT2D eigenvalue weighted by Crippen LogP contribution is 2.47. The summed E-state index contributed by atoms with van der Waals surface area (Å²) in [5, 5.41) is 0. The van der Waals surface area contributed by atoms with Crippen molar-refractivity contribution in [3.05, 3.63) is 0 Å². The molecule has 0 aliphatic rings. The normalized spacial score (nSPS) is 14.0. The van der Waals surface area contributed by atoms with Crippen LogP contribution in [0.5, 0.6) is 0 Å². The largest absolute Gasteiger partial charge is 0.421 e. The lowest BCUT2D eigenvalue weighted by molar-refractivity contribution is -0.146. The van der Waals surface area contributed by atoms with E-state index >= 15 is 0 Å². The van der Waals surface area contributed by atoms with Gasteiger partial charge in [-0.25, -0.2) is 4.79 Å². The van der Waals surface area contributed by atoms with Crippen molar-refractivity contribution in [3.8, 4) is 0 Å². The third kappa shape index (κ3) is 4.75. The SMILES string of the molecule is O=C(OC(Cl)(Cl)C(Cl)(Cl)Cl)C(Cl)(Cl)Cl. The maximum Gasteiger partial charge on any atom is 0.361 e. The summed E-state index contributed by atoms with van der Waals surface area (Å²) in [4.78, 5) is 11.0. The van der Waals surface area contributed by atoms with E-state index in [1.807, 2.05) is 0 Å². The molecule has 0 aromatic carbocycles. The van der Waals surface area contributed by atoms with Crippen molar-refractivity contribution in [3.63, 3.8) is 0 Å². The highest BCUT2D eigenvalue weighted by molar-refractivity contribution is 6.77. The van der Waals surface area contributed by atoms with Gasteiger partial charge in [0.2, 0.25) is 0 Å². The molecule has 0 aliphatic carbocycles. The molecule has 0 rings (SSSR count). The highest BCUT2D eigenvalue weighted by Gasteiger charge is 2.52. The molecule has 0 fully saturated rings. The van der Waals surface area contributed by atoms with Crippen LogP contribution >= 0.6 is 92.8 Å². The van der Waals surface area contributed by atoms with Crippen LogP contribution in [0.3, 0.4) is 0 Å². The standard InChI is InChI=1S/C4Cl8O2/c5-2(6,7)1(13)14-4(11,12)3(8,9)10. The van der Waals surface area contributed by atoms with Gasteiger partial charge >= 0.3 is 10.5 Å². The summed E-state index contributed by atoms with van der Waals surface area (Å²) in [6.45, 7) is 0. The number of rotatable bonds is 1. The second-order valence-corrected chi connectivity index (χ2v) is 7.72. The Hall–Kier alpha value is 1.79. The predicted octanol–water partition coefficient (Wildman–Crippen LogP) is 4.40. The molecule has 0 bridgehead atoms. The number of hydrogen-bond donors (Lipinski definition) is 0. The molecule has 0 atom stereocenters. The molecule has 0 aromatic rings. The molecule has 0 spiro atoms. The molecule has 10 heteroatoms. The van der Waals surface area contributed by atoms with Crippen LogP contribution in [-0.2, 0) is 9.53 Å². The lowest BCUT2D eigenvalue weighted by Crippen LogP contribution is -2.39. The fourth-order valence-electron chi connectivity index (χ4n) is 0.232. The Morgan fingerprint density at radius 1 is 0.857 bits per heavy atom. The van der Waals surface area contributed by atoms with E-state index in [0.717, 1.165) is 0 Å². The predicted molar refractivity (Wildman–Crippen MR) is 61.1 cm³/mol. The van der Waals surface area contributed by atoms with Gasteiger partial charge in [-0.05, 0) is 0 Å². The van der Waals surface area contributed by atoms with Gasteiger partial charge in [0.1, 0.15) is 0 Å². The van der Waals surface area contributed by atoms with E-state index in [-0.39, 0.29) is 0 Å². The van der Waals surface area contributed by atoms with Crippen molar-refractivity contribution in [2.24, 2.45) is 0 Å². The van der Waals surface area contributed by atoms with Gasteiger partial charge in [0.05, 0.1) is 0 Å². The van der Waals surface area contributed by atoms with E-state index in [9.17, 15) is 4.79 Å². The van der Waals surface area contributed by atoms with Crippen LogP contribution in [0.25, 0.3) is 0 Å². The maximum absolute atomic E-state index is 11.0. The summed E-state index contributed by atoms with van der Waals surface area (Å²) in [5.74, 6) is -1.36. The van der Waals surface area contributed by atoms with Gasteiger partial charge in [0.15, 0.2) is 0 Å². The molecule has 84 valence electrons. The highest BCUT2D eigenvalue weighted by atomic mass is 35.6. The first kappa shape index (κ1) is 15.8. The Labute approximate surface area is 120 Å². The van der Waals surface area contributed by atoms with Gasteiger partial charge in [-0.3, -0.25) is 0 Å². The van der Waals surface area contributed by atoms with Crippen LogP contribution in [0.1, 0.15) is 0 Å². The first-order valence-corrected chi connectivity index (χ1v) is 5.65. The molecular weight excluding hydrogens is 364 g/mol. The van der Waals surface area contributed by atoms with Gasteiger partial charge < -0.3 is 4.74 Å². The number of carbonyl (C=O) groups excluding carboxylic acids is 1. The van der Waals surface area contributed by atoms with E-state index in [2.05, 4.69) is 4.74 Å². The van der Waals surface area contributed by atoms with Crippen LogP contribution in [-0.4, -0.2) is 18.1 Å². The molecule has 0 saturated heterocycles. The molecular formula is C4Cl8O2. The Bertz CT molecular complexity index is 224. The summed E-state index contributed by atoms with van der Waals surface area (Å²) in [6.07, 6.45) is 0. The number of ether oxygens (including phenoxy) is 1. The number of carbonyl (C=O) groups is 1. The second-order valence-electron chi connectivity index (χ2n) is 1.90. The summed E-state index contributed by atoms with van der Waals surface area (Å²) >= 11 is 42.0. The average molecular weight is 364 g/mol. The monoisotopic (exact) mass is 360 g/mol. The quantitative estimate of drug-likeness (QED) is 0.510. The first-order valence-electron chi connectivity index (χ1n) is 2.62. The minimum Gasteiger partial charge on any atom is -0.421 e. The van der Waals surface area contributed by atoms with Gasteiger partial charge in [-0.2, -0.15) is 0 Å². The molecule has 0 radical (unpaired) electrons. The van der Waals surface area contributed by atoms with Crippen molar-refractivity contribution >= 4 is 98.8 Å². The summed E-state index contributed by atoms with van der Waals surface area (Å²) in [6, 6.07) is 0. The number of halogens is 8. The van der Waals surface area contributed by atoms with Gasteiger partial charge in [-0.15, -0.1) is 0 Å². The fraction of sp³-hybridized carbons (Fsp3) is 0.750. The Kier molecular flexibility index (Phi) is 5.60. The molecule has 0 amide bonds. The number of esters is 1. The molecule has 14 heavy (non-hydrogen) atoms. The lowest BCUT2D eigenvalue weighted by Gasteiger charge is -2.27. The molecule has 0 heterocycles. The maximum atomic E-state index is 11.0. The Morgan fingerprint density at radius 2 is 1.21 bits per heavy atom. The lowest BCUT2D eigenvalue weighted by atomic mass is 10.7. The Balaban J connectivity index is 4.62. The zero-order valence-corrected chi connectivity index (χ0v) is 11.9. The summed E-state index contributed by atoms with van der Waals surface area (Å²) < 4.78 is -2.81. The van der Waals surface area contributed by atoms with E-state index in [1.54, 1.807) is 0 Å². The Morgan fingerprint density at radius 3 is 1.43 bits per heavy atom. The van der Waals surface area contributed by atoms with E-state index in [1.165, 1.54) is 0 Å². The molecule has 0 N–H and O–H groups in total. The zero-order chi connectivity index (χ0) is 11.8. The van der Waals surface area contributed by atoms with Crippen LogP contribution in [0.15, 0.2) is 0 Å². The van der Waals surface area contributed by atoms with Crippen LogP contribution in [0.4, 0.5) is 0 Å². The number of hydrogen-bond acceptors (Lipinski definition) is 2. The zero-order valence-electron chi connectivity index (χ0n) is 5.84. The third-order valence-electron chi connectivity index (χ3n) is 0.782. The van der Waals surface area contributed by atoms with Gasteiger partial charge in [0, 0.05) is 0 Å². The van der Waals surface area contributed by atoms with E-state index in [4.69, 9.17) is 92.8 Å². The first-order chi connectivity index (χ1) is 5.88. The van der Waals surface area contributed by atoms with Crippen LogP contribution in [0.2, 0.25) is 0 Å². The van der Waals surface area contributed by atoms with Crippen molar-refractivity contribution in [2.75, 3.05) is 0 Å². The van der Waals surface area contributed by atoms with Crippen LogP contribution in [0, 0.1) is 0 Å². The minimum absolute atomic E-state index is 1.36. The molecule has 2 nitrogen and oxygen atoms in total. The van der Waals surface area contributed by atoms with Crippen molar-refractivity contribution in [1.82, 2.24) is 0 Å². The topological polar surface area (TPSA) is 26.3 Å². The van der Waals surface area contributed by atoms with Crippen molar-refractivity contribution < 1.29 is 9.53 Å². The smallest absolute Gasteiger partial charge is 0.361 e. The van der Waals surface area contributed by atoms with E-state index < -0.39 is 18.1 Å². The van der Waals surface area contributed by atoms with Gasteiger partial charge in [0.25, 0.3) is 7.59 Å². The van der Waals surface area contributed by atoms with Crippen molar-refractivity contribution in [1.29, 1.82) is 0 Å². The average Bonchev–Trinajstić information content (AvgIpc) is 1.80. The van der Waals surface area contributed by atoms with Gasteiger partial charge in [-0.1, -0.05) is 92.8 Å². The molecule has 0 unspecified atom stereocenters. The van der Waals surface area contributed by atoms with Crippen LogP contribution < -0.4 is 0 Å². The molecule has 0 saturated carbocycles. The summed E-state index contributed by atoms with van der Waals surface area (Å²) in [5.41, 5.74) is 0. The second kappa shape index (κ2) is 4.97. The molecule has 0 aliphatic heterocycles. The number of alkyl halides is 8. The van der Waals surface area contributed by atoms with Crippen molar-refractivity contribution in [2.45, 2.75) is 12.1 Å². The fourth-order valence-corrected chi connectivity index (χ4v) is 0.604. The third-order valence-corrected chi connectivity index (χ3v) is 3.35. The van der Waals surface area contributed by atoms with E-state index in [0.29, 0.717) is 0 Å². The minimum atomic E-state index is -2.45. The summed E-state index contributed by atoms with van der Waals surface area (Å²) in [7, 11) is 0. The molecule has 0 aromatic heterocycles.